The summed E-state index contributed by atoms with van der Waals surface area (Å²) >= 11 is 5.91. The van der Waals surface area contributed by atoms with Gasteiger partial charge in [-0.05, 0) is 30.3 Å². The molecule has 2 aromatic carbocycles. The van der Waals surface area contributed by atoms with Crippen LogP contribution in [0, 0.1) is 0 Å². The van der Waals surface area contributed by atoms with E-state index in [1.54, 1.807) is 12.1 Å². The van der Waals surface area contributed by atoms with Gasteiger partial charge in [-0.15, -0.1) is 0 Å². The number of piperazine rings is 1. The molecule has 0 radical (unpaired) electrons. The van der Waals surface area contributed by atoms with Crippen LogP contribution in [0.25, 0.3) is 11.1 Å². The third-order valence-electron chi connectivity index (χ3n) is 5.10. The van der Waals surface area contributed by atoms with Gasteiger partial charge in [0.15, 0.2) is 5.58 Å². The Morgan fingerprint density at radius 3 is 2.42 bits per heavy atom. The average molecular weight is 476 g/mol. The molecular weight excluding hydrogens is 459 g/mol. The molecule has 3 aromatic rings. The van der Waals surface area contributed by atoms with Crippen molar-refractivity contribution in [2.45, 2.75) is 17.7 Å². The minimum atomic E-state index is -4.63. The molecule has 166 valence electrons. The molecule has 0 bridgehead atoms. The number of oxazole rings is 1. The number of halogens is 4. The second-order valence-corrected chi connectivity index (χ2v) is 9.47. The van der Waals surface area contributed by atoms with E-state index in [0.29, 0.717) is 35.3 Å². The molecule has 0 N–H and O–H groups in total. The Hall–Kier alpha value is -2.34. The molecule has 0 atom stereocenters. The van der Waals surface area contributed by atoms with Gasteiger partial charge < -0.3 is 4.42 Å². The van der Waals surface area contributed by atoms with Crippen LogP contribution in [0.2, 0.25) is 5.02 Å². The first kappa shape index (κ1) is 21.9. The maximum Gasteiger partial charge on any atom is 0.421 e. The van der Waals surface area contributed by atoms with Gasteiger partial charge in [0.2, 0.25) is 10.0 Å². The fraction of sp³-hybridized carbons (Fsp3) is 0.316. The number of sulfonamides is 1. The lowest BCUT2D eigenvalue weighted by molar-refractivity contribution is -0.137. The Morgan fingerprint density at radius 1 is 1.03 bits per heavy atom. The number of hydrogen-bond acceptors (Lipinski definition) is 5. The summed E-state index contributed by atoms with van der Waals surface area (Å²) in [7, 11) is -4.07. The van der Waals surface area contributed by atoms with E-state index >= 15 is 0 Å². The van der Waals surface area contributed by atoms with Crippen molar-refractivity contribution in [3.8, 4) is 0 Å². The Kier molecular flexibility index (Phi) is 5.63. The van der Waals surface area contributed by atoms with Crippen LogP contribution in [-0.4, -0.2) is 48.4 Å². The Labute approximate surface area is 180 Å². The molecule has 31 heavy (non-hydrogen) atoms. The summed E-state index contributed by atoms with van der Waals surface area (Å²) in [6.07, 6.45) is -4.63. The summed E-state index contributed by atoms with van der Waals surface area (Å²) in [6.45, 7) is 0.935. The van der Waals surface area contributed by atoms with Crippen LogP contribution in [0.4, 0.5) is 13.2 Å². The predicted octanol–water partition coefficient (Wildman–Crippen LogP) is 3.23. The second kappa shape index (κ2) is 7.97. The lowest BCUT2D eigenvalue weighted by Crippen LogP contribution is -2.49. The third kappa shape index (κ3) is 4.36. The van der Waals surface area contributed by atoms with Crippen LogP contribution in [-0.2, 0) is 22.9 Å². The number of nitrogens with zero attached hydrogens (tertiary/aromatic N) is 3. The molecule has 4 rings (SSSR count). The largest absolute Gasteiger partial charge is 0.421 e. The molecular formula is C19H17ClF3N3O4S. The maximum atomic E-state index is 12.9. The van der Waals surface area contributed by atoms with Crippen molar-refractivity contribution in [1.29, 1.82) is 0 Å². The SMILES string of the molecule is O=c1oc2cc(Cl)ccc2n1CN1CCN(S(=O)(=O)c2cccc(C(F)(F)F)c2)CC1. The second-order valence-electron chi connectivity index (χ2n) is 7.10. The minimum Gasteiger partial charge on any atom is -0.408 e. The predicted molar refractivity (Wildman–Crippen MR) is 107 cm³/mol. The van der Waals surface area contributed by atoms with Gasteiger partial charge in [0.1, 0.15) is 0 Å². The summed E-state index contributed by atoms with van der Waals surface area (Å²) in [6, 6.07) is 8.54. The van der Waals surface area contributed by atoms with Gasteiger partial charge in [-0.3, -0.25) is 9.47 Å². The van der Waals surface area contributed by atoms with Crippen molar-refractivity contribution < 1.29 is 26.0 Å². The van der Waals surface area contributed by atoms with Gasteiger partial charge in [0.25, 0.3) is 0 Å². The number of alkyl halides is 3. The molecule has 7 nitrogen and oxygen atoms in total. The first-order valence-corrected chi connectivity index (χ1v) is 11.1. The van der Waals surface area contributed by atoms with E-state index < -0.39 is 32.4 Å². The van der Waals surface area contributed by atoms with Crippen LogP contribution in [0.3, 0.4) is 0 Å². The number of fused-ring (bicyclic) bond motifs is 1. The zero-order valence-corrected chi connectivity index (χ0v) is 17.5. The lowest BCUT2D eigenvalue weighted by Gasteiger charge is -2.33. The van der Waals surface area contributed by atoms with Gasteiger partial charge in [-0.25, -0.2) is 13.2 Å². The highest BCUT2D eigenvalue weighted by Gasteiger charge is 2.34. The molecule has 0 amide bonds. The van der Waals surface area contributed by atoms with Crippen LogP contribution in [0.5, 0.6) is 0 Å². The number of benzene rings is 2. The molecule has 0 unspecified atom stereocenters. The number of rotatable bonds is 4. The quantitative estimate of drug-likeness (QED) is 0.579. The fourth-order valence-electron chi connectivity index (χ4n) is 3.47. The topological polar surface area (TPSA) is 75.8 Å². The van der Waals surface area contributed by atoms with Gasteiger partial charge in [-0.1, -0.05) is 17.7 Å². The summed E-state index contributed by atoms with van der Waals surface area (Å²) < 4.78 is 72.2. The van der Waals surface area contributed by atoms with E-state index in [2.05, 4.69) is 0 Å². The standard InChI is InChI=1S/C19H17ClF3N3O4S/c20-14-4-5-16-17(11-14)30-18(27)26(16)12-24-6-8-25(9-7-24)31(28,29)15-3-1-2-13(10-15)19(21,22)23/h1-5,10-11H,6-9,12H2. The Bertz CT molecular complexity index is 1280. The van der Waals surface area contributed by atoms with E-state index in [1.165, 1.54) is 10.6 Å². The molecule has 1 saturated heterocycles. The van der Waals surface area contributed by atoms with E-state index in [-0.39, 0.29) is 19.8 Å². The van der Waals surface area contributed by atoms with E-state index in [1.807, 2.05) is 4.90 Å². The number of aromatic nitrogens is 1. The van der Waals surface area contributed by atoms with Crippen LogP contribution >= 0.6 is 11.6 Å². The first-order chi connectivity index (χ1) is 14.6. The van der Waals surface area contributed by atoms with E-state index in [9.17, 15) is 26.4 Å². The van der Waals surface area contributed by atoms with E-state index in [4.69, 9.17) is 16.0 Å². The summed E-state index contributed by atoms with van der Waals surface area (Å²) in [4.78, 5) is 13.6. The zero-order valence-electron chi connectivity index (χ0n) is 16.0. The molecule has 1 aliphatic heterocycles. The molecule has 0 aliphatic carbocycles. The normalized spacial score (nSPS) is 16.8. The highest BCUT2D eigenvalue weighted by molar-refractivity contribution is 7.89. The van der Waals surface area contributed by atoms with E-state index in [0.717, 1.165) is 22.5 Å². The fourth-order valence-corrected chi connectivity index (χ4v) is 5.10. The molecule has 1 aliphatic rings. The highest BCUT2D eigenvalue weighted by atomic mass is 35.5. The number of hydrogen-bond donors (Lipinski definition) is 0. The first-order valence-electron chi connectivity index (χ1n) is 9.24. The smallest absolute Gasteiger partial charge is 0.408 e. The summed E-state index contributed by atoms with van der Waals surface area (Å²) in [5, 5.41) is 0.432. The van der Waals surface area contributed by atoms with Crippen molar-refractivity contribution in [2.75, 3.05) is 26.2 Å². The van der Waals surface area contributed by atoms with Crippen molar-refractivity contribution in [1.82, 2.24) is 13.8 Å². The third-order valence-corrected chi connectivity index (χ3v) is 7.23. The van der Waals surface area contributed by atoms with Crippen molar-refractivity contribution in [3.63, 3.8) is 0 Å². The maximum absolute atomic E-state index is 12.9. The highest BCUT2D eigenvalue weighted by Crippen LogP contribution is 2.31. The summed E-state index contributed by atoms with van der Waals surface area (Å²) in [5.74, 6) is -0.559. The van der Waals surface area contributed by atoms with Crippen LogP contribution < -0.4 is 5.76 Å². The monoisotopic (exact) mass is 475 g/mol. The molecule has 1 aromatic heterocycles. The minimum absolute atomic E-state index is 0.0783. The Morgan fingerprint density at radius 2 is 1.74 bits per heavy atom. The van der Waals surface area contributed by atoms with Crippen molar-refractivity contribution >= 4 is 32.7 Å². The van der Waals surface area contributed by atoms with Gasteiger partial charge in [0.05, 0.1) is 22.6 Å². The van der Waals surface area contributed by atoms with Crippen LogP contribution in [0.1, 0.15) is 5.56 Å². The van der Waals surface area contributed by atoms with Gasteiger partial charge >= 0.3 is 11.9 Å². The molecule has 2 heterocycles. The average Bonchev–Trinajstić information content (AvgIpc) is 3.02. The van der Waals surface area contributed by atoms with Gasteiger partial charge in [0, 0.05) is 37.3 Å². The molecule has 0 spiro atoms. The lowest BCUT2D eigenvalue weighted by atomic mass is 10.2. The molecule has 1 fully saturated rings. The van der Waals surface area contributed by atoms with Crippen molar-refractivity contribution in [2.24, 2.45) is 0 Å². The molecule has 0 saturated carbocycles. The Balaban J connectivity index is 1.48. The van der Waals surface area contributed by atoms with Crippen molar-refractivity contribution in [3.05, 3.63) is 63.6 Å². The van der Waals surface area contributed by atoms with Crippen LogP contribution in [0.15, 0.2) is 56.6 Å². The zero-order chi connectivity index (χ0) is 22.4. The summed E-state index contributed by atoms with van der Waals surface area (Å²) in [5.41, 5.74) is -0.102. The molecule has 12 heteroatoms. The van der Waals surface area contributed by atoms with Gasteiger partial charge in [-0.2, -0.15) is 17.5 Å².